The summed E-state index contributed by atoms with van der Waals surface area (Å²) in [6, 6.07) is 21.7. The summed E-state index contributed by atoms with van der Waals surface area (Å²) < 4.78 is 0. The molecule has 0 saturated carbocycles. The monoisotopic (exact) mass is 429 g/mol. The van der Waals surface area contributed by atoms with Crippen LogP contribution >= 0.6 is 11.6 Å². The number of nitrogens with one attached hydrogen (secondary N) is 1. The summed E-state index contributed by atoms with van der Waals surface area (Å²) >= 11 is 5.95. The fourth-order valence-electron chi connectivity index (χ4n) is 4.54. The Morgan fingerprint density at radius 1 is 1.00 bits per heavy atom. The van der Waals surface area contributed by atoms with E-state index >= 15 is 0 Å². The minimum absolute atomic E-state index is 0.0650. The lowest BCUT2D eigenvalue weighted by Crippen LogP contribution is -2.38. The average molecular weight is 430 g/mol. The van der Waals surface area contributed by atoms with Crippen LogP contribution in [0.15, 0.2) is 71.7 Å². The molecule has 4 nitrogen and oxygen atoms in total. The standard InChI is InChI=1S/C26H24ClN3O/c27-20-8-10-21(11-9-20)29-26(31)24-6-3-4-18-16-30(15-13-22(18)24)17-19-12-14-28-25-7-2-1-5-23(19)25/h1-11H,12-17H2,(H,29,31). The normalized spacial score (nSPS) is 15.6. The molecule has 0 aromatic heterocycles. The van der Waals surface area contributed by atoms with Crippen LogP contribution in [0.4, 0.5) is 5.69 Å². The smallest absolute Gasteiger partial charge is 0.255 e. The number of hydrogen-bond donors (Lipinski definition) is 1. The van der Waals surface area contributed by atoms with Gasteiger partial charge in [-0.1, -0.05) is 41.9 Å². The van der Waals surface area contributed by atoms with Gasteiger partial charge in [0, 0.05) is 47.7 Å². The van der Waals surface area contributed by atoms with Crippen molar-refractivity contribution < 1.29 is 4.79 Å². The van der Waals surface area contributed by atoms with Crippen molar-refractivity contribution in [3.8, 4) is 0 Å². The fourth-order valence-corrected chi connectivity index (χ4v) is 4.66. The molecule has 0 aliphatic carbocycles. The summed E-state index contributed by atoms with van der Waals surface area (Å²) in [5.41, 5.74) is 5.38. The molecule has 0 bridgehead atoms. The van der Waals surface area contributed by atoms with Crippen molar-refractivity contribution in [2.45, 2.75) is 19.4 Å². The molecule has 3 aromatic carbocycles. The Labute approximate surface area is 186 Å². The van der Waals surface area contributed by atoms with Gasteiger partial charge >= 0.3 is 0 Å². The molecule has 0 unspecified atom stereocenters. The van der Waals surface area contributed by atoms with Gasteiger partial charge < -0.3 is 5.32 Å². The molecule has 31 heavy (non-hydrogen) atoms. The van der Waals surface area contributed by atoms with Gasteiger partial charge in [-0.3, -0.25) is 14.7 Å². The maximum atomic E-state index is 12.9. The number of benzene rings is 3. The summed E-state index contributed by atoms with van der Waals surface area (Å²) in [4.78, 5) is 20.1. The largest absolute Gasteiger partial charge is 0.322 e. The van der Waals surface area contributed by atoms with E-state index in [1.165, 1.54) is 16.4 Å². The molecule has 0 radical (unpaired) electrons. The van der Waals surface area contributed by atoms with Crippen molar-refractivity contribution in [2.24, 2.45) is 4.99 Å². The first-order valence-corrected chi connectivity index (χ1v) is 11.1. The van der Waals surface area contributed by atoms with Crippen LogP contribution in [0.5, 0.6) is 0 Å². The number of rotatable bonds is 4. The Kier molecular flexibility index (Phi) is 5.58. The van der Waals surface area contributed by atoms with E-state index in [4.69, 9.17) is 11.6 Å². The molecule has 2 aliphatic heterocycles. The molecule has 5 heteroatoms. The lowest BCUT2D eigenvalue weighted by atomic mass is 9.93. The number of amides is 1. The molecule has 156 valence electrons. The van der Waals surface area contributed by atoms with E-state index in [0.717, 1.165) is 61.2 Å². The first kappa shape index (κ1) is 20.0. The number of nitrogens with zero attached hydrogens (tertiary/aromatic N) is 2. The number of fused-ring (bicyclic) bond motifs is 2. The van der Waals surface area contributed by atoms with Crippen LogP contribution in [0.2, 0.25) is 5.02 Å². The molecule has 2 aliphatic rings. The second-order valence-corrected chi connectivity index (χ2v) is 8.55. The molecule has 0 saturated heterocycles. The molecule has 2 heterocycles. The molecular formula is C26H24ClN3O. The molecule has 0 fully saturated rings. The van der Waals surface area contributed by atoms with E-state index in [2.05, 4.69) is 45.5 Å². The third-order valence-electron chi connectivity index (χ3n) is 6.09. The Hall–Kier alpha value is -2.95. The first-order chi connectivity index (χ1) is 15.2. The Morgan fingerprint density at radius 3 is 2.71 bits per heavy atom. The molecule has 0 spiro atoms. The van der Waals surface area contributed by atoms with Crippen LogP contribution in [0.3, 0.4) is 0 Å². The quantitative estimate of drug-likeness (QED) is 0.685. The maximum Gasteiger partial charge on any atom is 0.255 e. The van der Waals surface area contributed by atoms with Crippen molar-refractivity contribution in [3.63, 3.8) is 0 Å². The number of halogens is 1. The van der Waals surface area contributed by atoms with Crippen LogP contribution < -0.4 is 15.9 Å². The van der Waals surface area contributed by atoms with Gasteiger partial charge in [-0.05, 0) is 65.9 Å². The predicted octanol–water partition coefficient (Wildman–Crippen LogP) is 3.82. The Balaban J connectivity index is 1.35. The predicted molar refractivity (Wildman–Crippen MR) is 125 cm³/mol. The highest BCUT2D eigenvalue weighted by molar-refractivity contribution is 6.30. The number of anilines is 1. The number of carbonyl (C=O) groups is 1. The first-order valence-electron chi connectivity index (χ1n) is 10.7. The summed E-state index contributed by atoms with van der Waals surface area (Å²) in [7, 11) is 0. The summed E-state index contributed by atoms with van der Waals surface area (Å²) in [5, 5.41) is 6.05. The topological polar surface area (TPSA) is 44.7 Å². The van der Waals surface area contributed by atoms with Gasteiger partial charge in [-0.2, -0.15) is 0 Å². The van der Waals surface area contributed by atoms with Crippen molar-refractivity contribution in [3.05, 3.63) is 99.0 Å². The van der Waals surface area contributed by atoms with E-state index in [-0.39, 0.29) is 5.91 Å². The van der Waals surface area contributed by atoms with Gasteiger partial charge in [0.1, 0.15) is 0 Å². The van der Waals surface area contributed by atoms with Crippen LogP contribution in [0.25, 0.3) is 5.57 Å². The number of para-hydroxylation sites is 1. The van der Waals surface area contributed by atoms with E-state index in [0.29, 0.717) is 5.02 Å². The van der Waals surface area contributed by atoms with Crippen LogP contribution in [-0.2, 0) is 13.0 Å². The van der Waals surface area contributed by atoms with Crippen LogP contribution in [-0.4, -0.2) is 30.4 Å². The Bertz CT molecular complexity index is 1250. The number of carbonyl (C=O) groups excluding carboxylic acids is 1. The summed E-state index contributed by atoms with van der Waals surface area (Å²) in [6.07, 6.45) is 1.89. The van der Waals surface area contributed by atoms with E-state index in [1.807, 2.05) is 24.3 Å². The van der Waals surface area contributed by atoms with Gasteiger partial charge in [0.15, 0.2) is 0 Å². The van der Waals surface area contributed by atoms with Gasteiger partial charge in [0.25, 0.3) is 5.91 Å². The fraction of sp³-hybridized carbons (Fsp3) is 0.231. The van der Waals surface area contributed by atoms with Gasteiger partial charge in [0.05, 0.1) is 5.36 Å². The zero-order valence-electron chi connectivity index (χ0n) is 17.3. The summed E-state index contributed by atoms with van der Waals surface area (Å²) in [5.74, 6) is -0.0650. The second-order valence-electron chi connectivity index (χ2n) is 8.12. The average Bonchev–Trinajstić information content (AvgIpc) is 2.80. The third-order valence-corrected chi connectivity index (χ3v) is 6.34. The zero-order chi connectivity index (χ0) is 21.2. The highest BCUT2D eigenvalue weighted by atomic mass is 35.5. The Morgan fingerprint density at radius 2 is 1.84 bits per heavy atom. The second kappa shape index (κ2) is 8.66. The highest BCUT2D eigenvalue weighted by Gasteiger charge is 2.22. The molecule has 5 rings (SSSR count). The van der Waals surface area contributed by atoms with Crippen LogP contribution in [0.1, 0.15) is 27.9 Å². The minimum Gasteiger partial charge on any atom is -0.322 e. The van der Waals surface area contributed by atoms with Gasteiger partial charge in [-0.15, -0.1) is 0 Å². The zero-order valence-corrected chi connectivity index (χ0v) is 18.0. The maximum absolute atomic E-state index is 12.9. The number of hydrogen-bond acceptors (Lipinski definition) is 3. The van der Waals surface area contributed by atoms with E-state index in [1.54, 1.807) is 12.1 Å². The minimum atomic E-state index is -0.0650. The van der Waals surface area contributed by atoms with Crippen molar-refractivity contribution in [1.29, 1.82) is 0 Å². The SMILES string of the molecule is O=C(Nc1ccc(Cl)cc1)c1cccc2c1CCN(CC1=c3ccccc3=NCC1)C2. The van der Waals surface area contributed by atoms with Gasteiger partial charge in [-0.25, -0.2) is 0 Å². The van der Waals surface area contributed by atoms with Crippen molar-refractivity contribution >= 4 is 28.8 Å². The molecule has 3 aromatic rings. The molecule has 1 N–H and O–H groups in total. The summed E-state index contributed by atoms with van der Waals surface area (Å²) in [6.45, 7) is 3.63. The van der Waals surface area contributed by atoms with Crippen molar-refractivity contribution in [1.82, 2.24) is 4.90 Å². The van der Waals surface area contributed by atoms with E-state index in [9.17, 15) is 4.79 Å². The molecule has 1 amide bonds. The third kappa shape index (κ3) is 4.27. The van der Waals surface area contributed by atoms with E-state index < -0.39 is 0 Å². The highest BCUT2D eigenvalue weighted by Crippen LogP contribution is 2.25. The lowest BCUT2D eigenvalue weighted by Gasteiger charge is -2.31. The van der Waals surface area contributed by atoms with Crippen molar-refractivity contribution in [2.75, 3.05) is 25.0 Å². The van der Waals surface area contributed by atoms with Crippen LogP contribution in [0, 0.1) is 0 Å². The molecule has 0 atom stereocenters. The lowest BCUT2D eigenvalue weighted by molar-refractivity contribution is 0.102. The van der Waals surface area contributed by atoms with Gasteiger partial charge in [0.2, 0.25) is 0 Å². The molecular weight excluding hydrogens is 406 g/mol.